The predicted octanol–water partition coefficient (Wildman–Crippen LogP) is 2.57. The number of aryl methyl sites for hydroxylation is 1. The quantitative estimate of drug-likeness (QED) is 0.527. The van der Waals surface area contributed by atoms with Crippen LogP contribution in [0.5, 0.6) is 0 Å². The third kappa shape index (κ3) is 2.97. The van der Waals surface area contributed by atoms with Gasteiger partial charge in [0, 0.05) is 4.90 Å². The van der Waals surface area contributed by atoms with E-state index in [1.54, 1.807) is 6.07 Å². The zero-order valence-electron chi connectivity index (χ0n) is 9.83. The van der Waals surface area contributed by atoms with Crippen molar-refractivity contribution in [1.82, 2.24) is 9.97 Å². The molecule has 0 spiro atoms. The molecular weight excluding hydrogens is 271 g/mol. The number of hydrogen-bond acceptors (Lipinski definition) is 6. The highest BCUT2D eigenvalue weighted by Crippen LogP contribution is 2.35. The minimum absolute atomic E-state index is 0.0537. The Morgan fingerprint density at radius 3 is 2.79 bits per heavy atom. The third-order valence-corrected chi connectivity index (χ3v) is 3.20. The van der Waals surface area contributed by atoms with E-state index in [0.29, 0.717) is 4.90 Å². The Morgan fingerprint density at radius 1 is 1.42 bits per heavy atom. The van der Waals surface area contributed by atoms with Gasteiger partial charge in [-0.3, -0.25) is 10.1 Å². The Hall–Kier alpha value is -2.22. The van der Waals surface area contributed by atoms with Gasteiger partial charge in [-0.05, 0) is 25.1 Å². The Bertz CT molecular complexity index is 651. The lowest BCUT2D eigenvalue weighted by Crippen LogP contribution is -2.04. The molecule has 0 unspecified atom stereocenters. The van der Waals surface area contributed by atoms with Gasteiger partial charge in [0.15, 0.2) is 5.03 Å². The van der Waals surface area contributed by atoms with Gasteiger partial charge in [-0.2, -0.15) is 4.98 Å². The van der Waals surface area contributed by atoms with Crippen LogP contribution in [-0.2, 0) is 0 Å². The van der Waals surface area contributed by atoms with E-state index in [4.69, 9.17) is 5.73 Å². The summed E-state index contributed by atoms with van der Waals surface area (Å²) in [5, 5.41) is 11.1. The standard InChI is InChI=1S/C11H9FN4O2S/c1-6-9(16(17)18)10(15-11(13)14-6)19-8-4-2-3-7(12)5-8/h2-5H,1H3,(H2,13,14,15). The molecule has 1 aromatic heterocycles. The molecule has 1 heterocycles. The van der Waals surface area contributed by atoms with Crippen LogP contribution in [0.25, 0.3) is 0 Å². The molecule has 0 fully saturated rings. The van der Waals surface area contributed by atoms with Crippen LogP contribution in [0.3, 0.4) is 0 Å². The SMILES string of the molecule is Cc1nc(N)nc(Sc2cccc(F)c2)c1[N+](=O)[O-]. The summed E-state index contributed by atoms with van der Waals surface area (Å²) in [5.74, 6) is -0.478. The number of aromatic nitrogens is 2. The number of nitrogens with zero attached hydrogens (tertiary/aromatic N) is 3. The minimum atomic E-state index is -0.573. The summed E-state index contributed by atoms with van der Waals surface area (Å²) in [7, 11) is 0. The molecule has 0 saturated carbocycles. The fourth-order valence-corrected chi connectivity index (χ4v) is 2.48. The average molecular weight is 280 g/mol. The van der Waals surface area contributed by atoms with Crippen molar-refractivity contribution in [2.75, 3.05) is 5.73 Å². The molecule has 0 aliphatic heterocycles. The fourth-order valence-electron chi connectivity index (χ4n) is 1.49. The van der Waals surface area contributed by atoms with E-state index in [2.05, 4.69) is 9.97 Å². The summed E-state index contributed by atoms with van der Waals surface area (Å²) in [6, 6.07) is 5.70. The molecule has 0 aliphatic carbocycles. The highest BCUT2D eigenvalue weighted by Gasteiger charge is 2.22. The van der Waals surface area contributed by atoms with Crippen LogP contribution >= 0.6 is 11.8 Å². The molecule has 19 heavy (non-hydrogen) atoms. The van der Waals surface area contributed by atoms with Gasteiger partial charge in [-0.1, -0.05) is 17.8 Å². The fraction of sp³-hybridized carbons (Fsp3) is 0.0909. The molecule has 0 amide bonds. The Balaban J connectivity index is 2.47. The van der Waals surface area contributed by atoms with Gasteiger partial charge in [0.05, 0.1) is 4.92 Å². The Kier molecular flexibility index (Phi) is 3.61. The number of anilines is 1. The normalized spacial score (nSPS) is 10.4. The third-order valence-electron chi connectivity index (χ3n) is 2.24. The topological polar surface area (TPSA) is 94.9 Å². The molecule has 0 radical (unpaired) electrons. The van der Waals surface area contributed by atoms with E-state index >= 15 is 0 Å². The monoisotopic (exact) mass is 280 g/mol. The van der Waals surface area contributed by atoms with Crippen molar-refractivity contribution in [2.45, 2.75) is 16.8 Å². The minimum Gasteiger partial charge on any atom is -0.368 e. The smallest absolute Gasteiger partial charge is 0.322 e. The summed E-state index contributed by atoms with van der Waals surface area (Å²) in [6.45, 7) is 1.48. The lowest BCUT2D eigenvalue weighted by atomic mass is 10.3. The van der Waals surface area contributed by atoms with Gasteiger partial charge < -0.3 is 5.73 Å². The van der Waals surface area contributed by atoms with E-state index in [1.807, 2.05) is 0 Å². The van der Waals surface area contributed by atoms with Gasteiger partial charge in [0.1, 0.15) is 11.5 Å². The molecule has 2 rings (SSSR count). The largest absolute Gasteiger partial charge is 0.368 e. The van der Waals surface area contributed by atoms with Crippen LogP contribution in [-0.4, -0.2) is 14.9 Å². The van der Waals surface area contributed by atoms with Crippen molar-refractivity contribution < 1.29 is 9.31 Å². The first-order chi connectivity index (χ1) is 8.97. The first-order valence-corrected chi connectivity index (χ1v) is 6.01. The molecule has 0 bridgehead atoms. The van der Waals surface area contributed by atoms with E-state index in [0.717, 1.165) is 11.8 Å². The summed E-state index contributed by atoms with van der Waals surface area (Å²) in [5.41, 5.74) is 5.44. The van der Waals surface area contributed by atoms with Gasteiger partial charge >= 0.3 is 5.69 Å². The molecule has 0 aliphatic rings. The van der Waals surface area contributed by atoms with Crippen LogP contribution in [0.2, 0.25) is 0 Å². The number of nitro groups is 1. The van der Waals surface area contributed by atoms with Crippen LogP contribution in [0.15, 0.2) is 34.2 Å². The van der Waals surface area contributed by atoms with Gasteiger partial charge in [0.25, 0.3) is 0 Å². The van der Waals surface area contributed by atoms with E-state index in [9.17, 15) is 14.5 Å². The van der Waals surface area contributed by atoms with E-state index in [1.165, 1.54) is 25.1 Å². The summed E-state index contributed by atoms with van der Waals surface area (Å²) < 4.78 is 13.1. The number of nitrogen functional groups attached to an aromatic ring is 1. The van der Waals surface area contributed by atoms with Crippen LogP contribution < -0.4 is 5.73 Å². The van der Waals surface area contributed by atoms with E-state index < -0.39 is 10.7 Å². The highest BCUT2D eigenvalue weighted by atomic mass is 32.2. The Labute approximate surface area is 112 Å². The predicted molar refractivity (Wildman–Crippen MR) is 68.4 cm³/mol. The second kappa shape index (κ2) is 5.19. The molecule has 0 saturated heterocycles. The molecule has 8 heteroatoms. The summed E-state index contributed by atoms with van der Waals surface area (Å²) in [6.07, 6.45) is 0. The van der Waals surface area contributed by atoms with Crippen molar-refractivity contribution >= 4 is 23.4 Å². The van der Waals surface area contributed by atoms with Crippen molar-refractivity contribution in [2.24, 2.45) is 0 Å². The number of rotatable bonds is 3. The van der Waals surface area contributed by atoms with Crippen molar-refractivity contribution in [3.8, 4) is 0 Å². The lowest BCUT2D eigenvalue weighted by Gasteiger charge is -2.05. The lowest BCUT2D eigenvalue weighted by molar-refractivity contribution is -0.389. The maximum absolute atomic E-state index is 13.1. The summed E-state index contributed by atoms with van der Waals surface area (Å²) in [4.78, 5) is 18.5. The maximum Gasteiger partial charge on any atom is 0.322 e. The first-order valence-electron chi connectivity index (χ1n) is 5.19. The highest BCUT2D eigenvalue weighted by molar-refractivity contribution is 7.99. The van der Waals surface area contributed by atoms with Crippen molar-refractivity contribution in [3.63, 3.8) is 0 Å². The molecule has 1 aromatic carbocycles. The number of nitrogens with two attached hydrogens (primary N) is 1. The molecule has 2 aromatic rings. The zero-order chi connectivity index (χ0) is 14.0. The van der Waals surface area contributed by atoms with Crippen molar-refractivity contribution in [1.29, 1.82) is 0 Å². The van der Waals surface area contributed by atoms with Crippen LogP contribution in [0, 0.1) is 22.9 Å². The van der Waals surface area contributed by atoms with Gasteiger partial charge in [0.2, 0.25) is 5.95 Å². The second-order valence-corrected chi connectivity index (χ2v) is 4.70. The van der Waals surface area contributed by atoms with Crippen molar-refractivity contribution in [3.05, 3.63) is 45.9 Å². The molecule has 6 nitrogen and oxygen atoms in total. The number of halogens is 1. The maximum atomic E-state index is 13.1. The van der Waals surface area contributed by atoms with Gasteiger partial charge in [-0.15, -0.1) is 0 Å². The molecular formula is C11H9FN4O2S. The molecule has 0 atom stereocenters. The Morgan fingerprint density at radius 2 is 2.16 bits per heavy atom. The first kappa shape index (κ1) is 13.2. The number of benzene rings is 1. The van der Waals surface area contributed by atoms with E-state index in [-0.39, 0.29) is 22.4 Å². The average Bonchev–Trinajstić information content (AvgIpc) is 2.26. The summed E-state index contributed by atoms with van der Waals surface area (Å²) >= 11 is 0.972. The van der Waals surface area contributed by atoms with Crippen LogP contribution in [0.1, 0.15) is 5.69 Å². The molecule has 2 N–H and O–H groups in total. The van der Waals surface area contributed by atoms with Gasteiger partial charge in [-0.25, -0.2) is 9.37 Å². The number of hydrogen-bond donors (Lipinski definition) is 1. The molecule has 98 valence electrons. The zero-order valence-corrected chi connectivity index (χ0v) is 10.6. The van der Waals surface area contributed by atoms with Crippen LogP contribution in [0.4, 0.5) is 16.0 Å². The second-order valence-electron chi connectivity index (χ2n) is 3.64.